The van der Waals surface area contributed by atoms with Crippen LogP contribution in [0.25, 0.3) is 0 Å². The predicted molar refractivity (Wildman–Crippen MR) is 114 cm³/mol. The molecule has 0 bridgehead atoms. The van der Waals surface area contributed by atoms with Crippen LogP contribution in [0, 0.1) is 13.8 Å². The van der Waals surface area contributed by atoms with Gasteiger partial charge in [-0.05, 0) is 61.2 Å². The van der Waals surface area contributed by atoms with E-state index in [1.165, 1.54) is 36.6 Å². The molecule has 2 aromatic carbocycles. The summed E-state index contributed by atoms with van der Waals surface area (Å²) < 4.78 is 26.8. The first-order chi connectivity index (χ1) is 13.1. The van der Waals surface area contributed by atoms with Crippen LogP contribution in [0.4, 0.5) is 5.69 Å². The molecule has 2 aromatic rings. The maximum atomic E-state index is 12.7. The molecule has 1 atom stereocenters. The molecular weight excluding hydrogens is 374 g/mol. The van der Waals surface area contributed by atoms with Gasteiger partial charge in [-0.3, -0.25) is 9.10 Å². The van der Waals surface area contributed by atoms with Gasteiger partial charge >= 0.3 is 10.2 Å². The number of benzene rings is 2. The van der Waals surface area contributed by atoms with Gasteiger partial charge in [0.05, 0.1) is 11.7 Å². The van der Waals surface area contributed by atoms with Gasteiger partial charge in [-0.15, -0.1) is 0 Å². The Bertz CT molecular complexity index is 938. The van der Waals surface area contributed by atoms with E-state index >= 15 is 0 Å². The van der Waals surface area contributed by atoms with Gasteiger partial charge in [-0.2, -0.15) is 12.7 Å². The van der Waals surface area contributed by atoms with Crippen molar-refractivity contribution in [3.05, 3.63) is 64.7 Å². The lowest BCUT2D eigenvalue weighted by atomic mass is 9.99. The van der Waals surface area contributed by atoms with Crippen LogP contribution in [-0.4, -0.2) is 39.8 Å². The highest BCUT2D eigenvalue weighted by Gasteiger charge is 2.21. The van der Waals surface area contributed by atoms with Crippen LogP contribution >= 0.6 is 0 Å². The molecule has 152 valence electrons. The monoisotopic (exact) mass is 403 g/mol. The average Bonchev–Trinajstić information content (AvgIpc) is 2.67. The molecule has 0 radical (unpaired) electrons. The molecule has 0 aromatic heterocycles. The van der Waals surface area contributed by atoms with E-state index < -0.39 is 10.2 Å². The minimum atomic E-state index is -3.56. The first-order valence-corrected chi connectivity index (χ1v) is 10.6. The van der Waals surface area contributed by atoms with E-state index in [0.29, 0.717) is 11.3 Å². The Morgan fingerprint density at radius 2 is 1.61 bits per heavy atom. The number of rotatable bonds is 7. The number of carbonyl (C=O) groups is 1. The summed E-state index contributed by atoms with van der Waals surface area (Å²) in [5.41, 5.74) is 4.47. The lowest BCUT2D eigenvalue weighted by Gasteiger charge is -2.23. The molecular formula is C21H29N3O3S. The van der Waals surface area contributed by atoms with Crippen molar-refractivity contribution in [2.24, 2.45) is 0 Å². The van der Waals surface area contributed by atoms with Crippen molar-refractivity contribution in [1.82, 2.24) is 9.62 Å². The van der Waals surface area contributed by atoms with Crippen LogP contribution in [0.2, 0.25) is 0 Å². The molecule has 6 nitrogen and oxygen atoms in total. The highest BCUT2D eigenvalue weighted by Crippen LogP contribution is 2.22. The second-order valence-corrected chi connectivity index (χ2v) is 9.26. The van der Waals surface area contributed by atoms with Crippen molar-refractivity contribution in [3.63, 3.8) is 0 Å². The normalized spacial score (nSPS) is 12.7. The molecule has 1 amide bonds. The third kappa shape index (κ3) is 4.72. The van der Waals surface area contributed by atoms with Gasteiger partial charge < -0.3 is 5.32 Å². The summed E-state index contributed by atoms with van der Waals surface area (Å²) in [5.74, 6) is -0.185. The van der Waals surface area contributed by atoms with Gasteiger partial charge in [0.1, 0.15) is 0 Å². The molecule has 0 aliphatic carbocycles. The second-order valence-electron chi connectivity index (χ2n) is 7.08. The van der Waals surface area contributed by atoms with Crippen molar-refractivity contribution in [1.29, 1.82) is 0 Å². The summed E-state index contributed by atoms with van der Waals surface area (Å²) in [7, 11) is 0.875. The maximum Gasteiger partial charge on any atom is 0.303 e. The quantitative estimate of drug-likeness (QED) is 0.770. The Balaban J connectivity index is 2.17. The average molecular weight is 404 g/mol. The van der Waals surface area contributed by atoms with Gasteiger partial charge in [0.25, 0.3) is 5.91 Å². The summed E-state index contributed by atoms with van der Waals surface area (Å²) in [5, 5.41) is 3.06. The Kier molecular flexibility index (Phi) is 6.85. The molecule has 0 saturated heterocycles. The molecule has 0 spiro atoms. The van der Waals surface area contributed by atoms with Crippen LogP contribution in [0.5, 0.6) is 0 Å². The highest BCUT2D eigenvalue weighted by molar-refractivity contribution is 7.90. The number of hydrogen-bond acceptors (Lipinski definition) is 3. The largest absolute Gasteiger partial charge is 0.345 e. The van der Waals surface area contributed by atoms with Crippen LogP contribution < -0.4 is 9.62 Å². The fourth-order valence-electron chi connectivity index (χ4n) is 2.84. The summed E-state index contributed by atoms with van der Waals surface area (Å²) in [6.45, 7) is 6.16. The molecule has 28 heavy (non-hydrogen) atoms. The molecule has 0 unspecified atom stereocenters. The van der Waals surface area contributed by atoms with Gasteiger partial charge in [0, 0.05) is 26.7 Å². The van der Waals surface area contributed by atoms with Crippen molar-refractivity contribution in [2.75, 3.05) is 25.4 Å². The minimum absolute atomic E-state index is 0.0803. The number of nitrogens with one attached hydrogen (secondary N) is 1. The van der Waals surface area contributed by atoms with Crippen LogP contribution in [-0.2, 0) is 10.2 Å². The van der Waals surface area contributed by atoms with Crippen LogP contribution in [0.15, 0.2) is 42.5 Å². The van der Waals surface area contributed by atoms with E-state index in [0.717, 1.165) is 16.3 Å². The van der Waals surface area contributed by atoms with Crippen LogP contribution in [0.1, 0.15) is 46.4 Å². The molecule has 0 saturated carbocycles. The fourth-order valence-corrected chi connectivity index (χ4v) is 3.72. The summed E-state index contributed by atoms with van der Waals surface area (Å²) in [4.78, 5) is 12.7. The number of hydrogen-bond donors (Lipinski definition) is 1. The third-order valence-electron chi connectivity index (χ3n) is 4.95. The summed E-state index contributed by atoms with van der Waals surface area (Å²) in [6, 6.07) is 12.7. The summed E-state index contributed by atoms with van der Waals surface area (Å²) in [6.07, 6.45) is 0.774. The second kappa shape index (κ2) is 8.75. The van der Waals surface area contributed by atoms with Crippen molar-refractivity contribution in [3.8, 4) is 0 Å². The predicted octanol–water partition coefficient (Wildman–Crippen LogP) is 3.43. The first-order valence-electron chi connectivity index (χ1n) is 9.22. The zero-order chi connectivity index (χ0) is 21.1. The maximum absolute atomic E-state index is 12.7. The van der Waals surface area contributed by atoms with Crippen molar-refractivity contribution in [2.45, 2.75) is 33.2 Å². The summed E-state index contributed by atoms with van der Waals surface area (Å²) >= 11 is 0. The molecule has 1 N–H and O–H groups in total. The number of amides is 1. The molecule has 0 heterocycles. The molecule has 7 heteroatoms. The van der Waals surface area contributed by atoms with E-state index in [9.17, 15) is 13.2 Å². The van der Waals surface area contributed by atoms with Gasteiger partial charge in [0.15, 0.2) is 0 Å². The van der Waals surface area contributed by atoms with Gasteiger partial charge in [-0.25, -0.2) is 0 Å². The Hall–Kier alpha value is -2.38. The molecule has 0 fully saturated rings. The van der Waals surface area contributed by atoms with Crippen LogP contribution in [0.3, 0.4) is 0 Å². The SMILES string of the molecule is CC[C@@H](NC(=O)c1ccc(N(C)S(=O)(=O)N(C)C)cc1)c1ccc(C)c(C)c1. The Morgan fingerprint density at radius 1 is 1.00 bits per heavy atom. The van der Waals surface area contributed by atoms with Gasteiger partial charge in [0.2, 0.25) is 0 Å². The van der Waals surface area contributed by atoms with E-state index in [2.05, 4.69) is 31.3 Å². The fraction of sp³-hybridized carbons (Fsp3) is 0.381. The molecule has 0 aliphatic rings. The lowest BCUT2D eigenvalue weighted by Crippen LogP contribution is -2.37. The zero-order valence-corrected chi connectivity index (χ0v) is 18.2. The Morgan fingerprint density at radius 3 is 2.11 bits per heavy atom. The number of nitrogens with zero attached hydrogens (tertiary/aromatic N) is 2. The molecule has 2 rings (SSSR count). The minimum Gasteiger partial charge on any atom is -0.345 e. The number of anilines is 1. The standard InChI is InChI=1S/C21H29N3O3S/c1-7-20(18-9-8-15(2)16(3)14-18)22-21(25)17-10-12-19(13-11-17)24(6)28(26,27)23(4)5/h8-14,20H,7H2,1-6H3,(H,22,25)/t20-/m1/s1. The molecule has 0 aliphatic heterocycles. The first kappa shape index (κ1) is 21.9. The van der Waals surface area contributed by atoms with E-state index in [4.69, 9.17) is 0 Å². The van der Waals surface area contributed by atoms with E-state index in [-0.39, 0.29) is 11.9 Å². The number of carbonyl (C=O) groups excluding carboxylic acids is 1. The lowest BCUT2D eigenvalue weighted by molar-refractivity contribution is 0.0935. The van der Waals surface area contributed by atoms with Crippen molar-refractivity contribution >= 4 is 21.8 Å². The van der Waals surface area contributed by atoms with E-state index in [1.54, 1.807) is 24.3 Å². The highest BCUT2D eigenvalue weighted by atomic mass is 32.2. The zero-order valence-electron chi connectivity index (χ0n) is 17.4. The van der Waals surface area contributed by atoms with Gasteiger partial charge in [-0.1, -0.05) is 25.1 Å². The topological polar surface area (TPSA) is 69.7 Å². The van der Waals surface area contributed by atoms with E-state index in [1.807, 2.05) is 13.0 Å². The number of aryl methyl sites for hydroxylation is 2. The van der Waals surface area contributed by atoms with Crippen molar-refractivity contribution < 1.29 is 13.2 Å². The Labute approximate surface area is 168 Å². The smallest absolute Gasteiger partial charge is 0.303 e. The third-order valence-corrected chi connectivity index (χ3v) is 6.77.